The number of aliphatic hydroxyl groups is 1. The number of hydrogen-bond donors (Lipinski definition) is 1. The zero-order chi connectivity index (χ0) is 24.6. The van der Waals surface area contributed by atoms with Crippen molar-refractivity contribution >= 4 is 28.2 Å². The lowest BCUT2D eigenvalue weighted by Gasteiger charge is -2.23. The highest BCUT2D eigenvalue weighted by molar-refractivity contribution is 6.13. The predicted octanol–water partition coefficient (Wildman–Crippen LogP) is 4.86. The fourth-order valence-corrected chi connectivity index (χ4v) is 4.79. The maximum atomic E-state index is 13.7. The van der Waals surface area contributed by atoms with E-state index >= 15 is 0 Å². The molecule has 6 heteroatoms. The number of benzene rings is 4. The van der Waals surface area contributed by atoms with E-state index < -0.39 is 11.5 Å². The number of anilines is 1. The van der Waals surface area contributed by atoms with Gasteiger partial charge in [-0.15, -0.1) is 0 Å². The van der Waals surface area contributed by atoms with Crippen LogP contribution in [0.4, 0.5) is 5.69 Å². The van der Waals surface area contributed by atoms with Gasteiger partial charge in [0.15, 0.2) is 22.9 Å². The molecule has 5 rings (SSSR count). The molecule has 1 heterocycles. The second-order valence-corrected chi connectivity index (χ2v) is 8.58. The minimum Gasteiger partial charge on any atom is -0.493 e. The Kier molecular flexibility index (Phi) is 5.75. The Labute approximate surface area is 203 Å². The number of ether oxygens (including phenoxy) is 2. The van der Waals surface area contributed by atoms with Crippen LogP contribution in [0.15, 0.2) is 84.9 Å². The molecule has 4 aromatic carbocycles. The topological polar surface area (TPSA) is 76.1 Å². The molecule has 0 bridgehead atoms. The molecule has 0 radical (unpaired) electrons. The van der Waals surface area contributed by atoms with E-state index in [0.29, 0.717) is 28.3 Å². The number of rotatable bonds is 7. The van der Waals surface area contributed by atoms with E-state index in [4.69, 9.17) is 9.47 Å². The van der Waals surface area contributed by atoms with Crippen LogP contribution in [0.3, 0.4) is 0 Å². The minimum atomic E-state index is -1.96. The van der Waals surface area contributed by atoms with Gasteiger partial charge in [-0.25, -0.2) is 0 Å². The first-order valence-electron chi connectivity index (χ1n) is 11.3. The summed E-state index contributed by atoms with van der Waals surface area (Å²) in [5.74, 6) is 0.315. The molecule has 1 aliphatic rings. The summed E-state index contributed by atoms with van der Waals surface area (Å²) in [6.45, 7) is 0.209. The Morgan fingerprint density at radius 3 is 2.40 bits per heavy atom. The number of amides is 1. The molecule has 1 aliphatic heterocycles. The van der Waals surface area contributed by atoms with Crippen molar-refractivity contribution in [3.05, 3.63) is 102 Å². The first-order chi connectivity index (χ1) is 17.0. The first kappa shape index (κ1) is 22.6. The summed E-state index contributed by atoms with van der Waals surface area (Å²) in [5, 5.41) is 13.4. The molecule has 35 heavy (non-hydrogen) atoms. The van der Waals surface area contributed by atoms with Gasteiger partial charge in [-0.3, -0.25) is 9.59 Å². The highest BCUT2D eigenvalue weighted by Gasteiger charge is 2.50. The van der Waals surface area contributed by atoms with Crippen LogP contribution in [0.5, 0.6) is 11.5 Å². The number of ketones is 1. The van der Waals surface area contributed by atoms with Crippen LogP contribution in [0.2, 0.25) is 0 Å². The van der Waals surface area contributed by atoms with Crippen LogP contribution in [0.1, 0.15) is 27.9 Å². The number of carbonyl (C=O) groups excluding carboxylic acids is 2. The van der Waals surface area contributed by atoms with E-state index in [0.717, 1.165) is 16.3 Å². The van der Waals surface area contributed by atoms with E-state index in [1.807, 2.05) is 48.5 Å². The number of fused-ring (bicyclic) bond motifs is 2. The van der Waals surface area contributed by atoms with E-state index in [2.05, 4.69) is 0 Å². The van der Waals surface area contributed by atoms with Crippen molar-refractivity contribution in [2.24, 2.45) is 0 Å². The van der Waals surface area contributed by atoms with E-state index in [1.54, 1.807) is 50.6 Å². The fraction of sp³-hybridized carbons (Fsp3) is 0.172. The molecule has 0 spiro atoms. The molecule has 6 nitrogen and oxygen atoms in total. The number of para-hydroxylation sites is 1. The molecular weight excluding hydrogens is 442 g/mol. The van der Waals surface area contributed by atoms with Crippen molar-refractivity contribution in [3.63, 3.8) is 0 Å². The zero-order valence-electron chi connectivity index (χ0n) is 19.5. The molecule has 176 valence electrons. The van der Waals surface area contributed by atoms with Gasteiger partial charge < -0.3 is 19.5 Å². The lowest BCUT2D eigenvalue weighted by atomic mass is 9.87. The van der Waals surface area contributed by atoms with E-state index in [-0.39, 0.29) is 18.7 Å². The van der Waals surface area contributed by atoms with Crippen LogP contribution in [0.25, 0.3) is 10.8 Å². The summed E-state index contributed by atoms with van der Waals surface area (Å²) in [6, 6.07) is 25.6. The molecule has 1 amide bonds. The summed E-state index contributed by atoms with van der Waals surface area (Å²) in [4.78, 5) is 28.6. The number of methoxy groups -OCH3 is 2. The third-order valence-electron chi connectivity index (χ3n) is 6.53. The van der Waals surface area contributed by atoms with Crippen molar-refractivity contribution in [1.82, 2.24) is 0 Å². The van der Waals surface area contributed by atoms with Gasteiger partial charge in [0.1, 0.15) is 0 Å². The third kappa shape index (κ3) is 3.82. The van der Waals surface area contributed by atoms with E-state index in [1.165, 1.54) is 4.90 Å². The third-order valence-corrected chi connectivity index (χ3v) is 6.53. The summed E-state index contributed by atoms with van der Waals surface area (Å²) >= 11 is 0. The Hall–Kier alpha value is -4.16. The van der Waals surface area contributed by atoms with Gasteiger partial charge in [-0.2, -0.15) is 0 Å². The van der Waals surface area contributed by atoms with Gasteiger partial charge >= 0.3 is 0 Å². The van der Waals surface area contributed by atoms with Crippen molar-refractivity contribution in [2.75, 3.05) is 19.1 Å². The van der Waals surface area contributed by atoms with Crippen LogP contribution in [-0.4, -0.2) is 31.0 Å². The molecule has 0 saturated carbocycles. The standard InChI is InChI=1S/C29H25NO5/c1-34-26-15-14-19(16-27(26)35-2)18-30-24-13-6-5-12-23(24)29(33,28(30)32)17-25(31)22-11-7-9-20-8-3-4-10-21(20)22/h3-16,33H,17-18H2,1-2H3/t29-/m0/s1. The van der Waals surface area contributed by atoms with Gasteiger partial charge in [0.2, 0.25) is 0 Å². The molecule has 1 atom stereocenters. The largest absolute Gasteiger partial charge is 0.493 e. The molecule has 0 saturated heterocycles. The second-order valence-electron chi connectivity index (χ2n) is 8.58. The molecule has 0 fully saturated rings. The maximum Gasteiger partial charge on any atom is 0.264 e. The highest BCUT2D eigenvalue weighted by atomic mass is 16.5. The summed E-state index contributed by atoms with van der Waals surface area (Å²) < 4.78 is 10.7. The summed E-state index contributed by atoms with van der Waals surface area (Å²) in [7, 11) is 3.11. The predicted molar refractivity (Wildman–Crippen MR) is 134 cm³/mol. The Bertz CT molecular complexity index is 1440. The van der Waals surface area contributed by atoms with Crippen molar-refractivity contribution < 1.29 is 24.2 Å². The van der Waals surface area contributed by atoms with Crippen molar-refractivity contribution in [3.8, 4) is 11.5 Å². The van der Waals surface area contributed by atoms with Crippen LogP contribution < -0.4 is 14.4 Å². The number of hydrogen-bond acceptors (Lipinski definition) is 5. The molecule has 0 aromatic heterocycles. The van der Waals surface area contributed by atoms with Crippen molar-refractivity contribution in [2.45, 2.75) is 18.6 Å². The van der Waals surface area contributed by atoms with Gasteiger partial charge in [0, 0.05) is 11.1 Å². The monoisotopic (exact) mass is 467 g/mol. The van der Waals surface area contributed by atoms with Gasteiger partial charge in [0.25, 0.3) is 5.91 Å². The molecule has 0 aliphatic carbocycles. The number of carbonyl (C=O) groups is 2. The highest BCUT2D eigenvalue weighted by Crippen LogP contribution is 2.44. The first-order valence-corrected chi connectivity index (χ1v) is 11.3. The summed E-state index contributed by atoms with van der Waals surface area (Å²) in [6.07, 6.45) is -0.348. The van der Waals surface area contributed by atoms with Crippen LogP contribution >= 0.6 is 0 Å². The summed E-state index contributed by atoms with van der Waals surface area (Å²) in [5.41, 5.74) is 0.344. The maximum absolute atomic E-state index is 13.7. The van der Waals surface area contributed by atoms with E-state index in [9.17, 15) is 14.7 Å². The molecular formula is C29H25NO5. The van der Waals surface area contributed by atoms with Crippen LogP contribution in [0, 0.1) is 0 Å². The lowest BCUT2D eigenvalue weighted by Crippen LogP contribution is -2.41. The van der Waals surface area contributed by atoms with Crippen molar-refractivity contribution in [1.29, 1.82) is 0 Å². The Morgan fingerprint density at radius 2 is 1.60 bits per heavy atom. The lowest BCUT2D eigenvalue weighted by molar-refractivity contribution is -0.136. The molecule has 0 unspecified atom stereocenters. The Balaban J connectivity index is 1.49. The number of nitrogens with zero attached hydrogens (tertiary/aromatic N) is 1. The molecule has 1 N–H and O–H groups in total. The number of Topliss-reactive ketones (excluding diaryl/α,β-unsaturated/α-hetero) is 1. The second kappa shape index (κ2) is 8.89. The normalized spacial score (nSPS) is 16.9. The fourth-order valence-electron chi connectivity index (χ4n) is 4.79. The zero-order valence-corrected chi connectivity index (χ0v) is 19.5. The SMILES string of the molecule is COc1ccc(CN2C(=O)[C@](O)(CC(=O)c3cccc4ccccc34)c3ccccc32)cc1OC. The average Bonchev–Trinajstić information content (AvgIpc) is 3.10. The quantitative estimate of drug-likeness (QED) is 0.393. The average molecular weight is 468 g/mol. The Morgan fingerprint density at radius 1 is 0.886 bits per heavy atom. The van der Waals surface area contributed by atoms with Gasteiger partial charge in [-0.05, 0) is 34.5 Å². The molecule has 4 aromatic rings. The van der Waals surface area contributed by atoms with Gasteiger partial charge in [-0.1, -0.05) is 66.7 Å². The smallest absolute Gasteiger partial charge is 0.264 e. The minimum absolute atomic E-state index is 0.209. The van der Waals surface area contributed by atoms with Gasteiger partial charge in [0.05, 0.1) is 32.9 Å². The van der Waals surface area contributed by atoms with Crippen LogP contribution in [-0.2, 0) is 16.9 Å².